The van der Waals surface area contributed by atoms with Crippen molar-refractivity contribution in [3.63, 3.8) is 0 Å². The summed E-state index contributed by atoms with van der Waals surface area (Å²) in [5.41, 5.74) is 0. The Labute approximate surface area is 104 Å². The van der Waals surface area contributed by atoms with Crippen molar-refractivity contribution >= 4 is 28.8 Å². The van der Waals surface area contributed by atoms with E-state index >= 15 is 0 Å². The summed E-state index contributed by atoms with van der Waals surface area (Å²) in [6.07, 6.45) is -0.0385. The quantitative estimate of drug-likeness (QED) is 0.687. The Balaban J connectivity index is 2.62. The number of carbonyl (C=O) groups excluding carboxylic acids is 3. The van der Waals surface area contributed by atoms with Gasteiger partial charge in [-0.1, -0.05) is 11.8 Å². The summed E-state index contributed by atoms with van der Waals surface area (Å²) in [4.78, 5) is 34.5. The molecule has 5 nitrogen and oxygen atoms in total. The summed E-state index contributed by atoms with van der Waals surface area (Å²) in [6.45, 7) is 3.96. The lowest BCUT2D eigenvalue weighted by atomic mass is 9.92. The molecule has 1 fully saturated rings. The van der Waals surface area contributed by atoms with Gasteiger partial charge in [0.15, 0.2) is 5.12 Å². The molecule has 1 aliphatic heterocycles. The van der Waals surface area contributed by atoms with Crippen molar-refractivity contribution < 1.29 is 23.9 Å². The summed E-state index contributed by atoms with van der Waals surface area (Å²) in [6, 6.07) is 0. The van der Waals surface area contributed by atoms with Gasteiger partial charge < -0.3 is 9.47 Å². The maximum Gasteiger partial charge on any atom is 0.310 e. The Morgan fingerprint density at radius 3 is 2.53 bits per heavy atom. The van der Waals surface area contributed by atoms with E-state index < -0.39 is 23.8 Å². The fourth-order valence-electron chi connectivity index (χ4n) is 1.67. The van der Waals surface area contributed by atoms with Gasteiger partial charge in [-0.05, 0) is 13.8 Å². The largest absolute Gasteiger partial charge is 0.466 e. The number of hydrogen-bond acceptors (Lipinski definition) is 6. The summed E-state index contributed by atoms with van der Waals surface area (Å²) in [5.74, 6) is -1.57. The van der Waals surface area contributed by atoms with Gasteiger partial charge in [0.25, 0.3) is 0 Å². The predicted octanol–water partition coefficient (Wildman–Crippen LogP) is 1.01. The Hall–Kier alpha value is -1.04. The van der Waals surface area contributed by atoms with Gasteiger partial charge in [-0.3, -0.25) is 14.4 Å². The number of thioether (sulfide) groups is 1. The third-order valence-electron chi connectivity index (χ3n) is 2.47. The van der Waals surface area contributed by atoms with Gasteiger partial charge in [-0.15, -0.1) is 0 Å². The number of esters is 2. The van der Waals surface area contributed by atoms with Crippen LogP contribution in [0.2, 0.25) is 0 Å². The molecule has 6 heteroatoms. The molecular formula is C11H16O5S. The first-order valence-corrected chi connectivity index (χ1v) is 6.57. The van der Waals surface area contributed by atoms with Crippen LogP contribution in [0.5, 0.6) is 0 Å². The van der Waals surface area contributed by atoms with E-state index in [1.807, 2.05) is 0 Å². The second kappa shape index (κ2) is 6.64. The van der Waals surface area contributed by atoms with Crippen LogP contribution in [0.3, 0.4) is 0 Å². The monoisotopic (exact) mass is 260 g/mol. The molecule has 1 aliphatic rings. The Morgan fingerprint density at radius 1 is 1.29 bits per heavy atom. The second-order valence-electron chi connectivity index (χ2n) is 3.60. The zero-order valence-corrected chi connectivity index (χ0v) is 10.7. The summed E-state index contributed by atoms with van der Waals surface area (Å²) in [7, 11) is 0. The molecule has 1 heterocycles. The topological polar surface area (TPSA) is 69.7 Å². The van der Waals surface area contributed by atoms with Gasteiger partial charge in [0.2, 0.25) is 0 Å². The number of carbonyl (C=O) groups is 3. The number of rotatable bonds is 5. The Bertz CT molecular complexity index is 315. The van der Waals surface area contributed by atoms with Gasteiger partial charge in [0, 0.05) is 5.75 Å². The van der Waals surface area contributed by atoms with E-state index in [0.29, 0.717) is 5.75 Å². The minimum absolute atomic E-state index is 0.0385. The van der Waals surface area contributed by atoms with E-state index in [1.54, 1.807) is 13.8 Å². The van der Waals surface area contributed by atoms with Crippen LogP contribution >= 0.6 is 11.8 Å². The van der Waals surface area contributed by atoms with E-state index in [1.165, 1.54) is 0 Å². The van der Waals surface area contributed by atoms with E-state index in [2.05, 4.69) is 0 Å². The SMILES string of the molecule is CCOC(=O)CC1C(=O)SCC1C(=O)OCC. The van der Waals surface area contributed by atoms with Gasteiger partial charge >= 0.3 is 11.9 Å². The summed E-state index contributed by atoms with van der Waals surface area (Å²) >= 11 is 1.08. The van der Waals surface area contributed by atoms with Crippen LogP contribution in [-0.2, 0) is 23.9 Å². The van der Waals surface area contributed by atoms with Crippen molar-refractivity contribution in [2.45, 2.75) is 20.3 Å². The highest BCUT2D eigenvalue weighted by Crippen LogP contribution is 2.34. The van der Waals surface area contributed by atoms with Gasteiger partial charge in [-0.2, -0.15) is 0 Å². The van der Waals surface area contributed by atoms with Crippen LogP contribution in [-0.4, -0.2) is 36.0 Å². The molecule has 0 radical (unpaired) electrons. The van der Waals surface area contributed by atoms with Gasteiger partial charge in [-0.25, -0.2) is 0 Å². The smallest absolute Gasteiger partial charge is 0.310 e. The molecular weight excluding hydrogens is 244 g/mol. The lowest BCUT2D eigenvalue weighted by Crippen LogP contribution is -2.28. The van der Waals surface area contributed by atoms with Crippen molar-refractivity contribution in [1.29, 1.82) is 0 Å². The molecule has 17 heavy (non-hydrogen) atoms. The zero-order chi connectivity index (χ0) is 12.8. The van der Waals surface area contributed by atoms with E-state index in [0.717, 1.165) is 11.8 Å². The van der Waals surface area contributed by atoms with Crippen LogP contribution in [0.15, 0.2) is 0 Å². The summed E-state index contributed by atoms with van der Waals surface area (Å²) < 4.78 is 9.68. The molecule has 2 atom stereocenters. The zero-order valence-electron chi connectivity index (χ0n) is 9.93. The molecule has 0 spiro atoms. The van der Waals surface area contributed by atoms with E-state index in [-0.39, 0.29) is 24.7 Å². The number of ether oxygens (including phenoxy) is 2. The third kappa shape index (κ3) is 3.73. The maximum absolute atomic E-state index is 11.6. The highest BCUT2D eigenvalue weighted by Gasteiger charge is 2.42. The average Bonchev–Trinajstić information content (AvgIpc) is 2.61. The Morgan fingerprint density at radius 2 is 1.94 bits per heavy atom. The molecule has 1 saturated heterocycles. The molecule has 1 rings (SSSR count). The van der Waals surface area contributed by atoms with E-state index in [9.17, 15) is 14.4 Å². The highest BCUT2D eigenvalue weighted by atomic mass is 32.2. The molecule has 0 saturated carbocycles. The standard InChI is InChI=1S/C11H16O5S/c1-3-15-9(12)5-7-8(6-17-11(7)14)10(13)16-4-2/h7-8H,3-6H2,1-2H3. The van der Waals surface area contributed by atoms with Crippen molar-refractivity contribution in [3.8, 4) is 0 Å². The summed E-state index contributed by atoms with van der Waals surface area (Å²) in [5, 5.41) is -0.129. The van der Waals surface area contributed by atoms with Crippen LogP contribution < -0.4 is 0 Å². The molecule has 0 aliphatic carbocycles. The molecule has 0 aromatic heterocycles. The number of hydrogen-bond donors (Lipinski definition) is 0. The lowest BCUT2D eigenvalue weighted by Gasteiger charge is -2.14. The molecule has 2 unspecified atom stereocenters. The lowest BCUT2D eigenvalue weighted by molar-refractivity contribution is -0.152. The normalized spacial score (nSPS) is 23.5. The molecule has 0 bridgehead atoms. The van der Waals surface area contributed by atoms with Crippen molar-refractivity contribution in [2.24, 2.45) is 11.8 Å². The minimum atomic E-state index is -0.599. The second-order valence-corrected chi connectivity index (χ2v) is 4.63. The maximum atomic E-state index is 11.6. The first-order valence-electron chi connectivity index (χ1n) is 5.59. The molecule has 0 aromatic carbocycles. The first-order chi connectivity index (χ1) is 8.10. The van der Waals surface area contributed by atoms with E-state index in [4.69, 9.17) is 9.47 Å². The van der Waals surface area contributed by atoms with Gasteiger partial charge in [0.1, 0.15) is 0 Å². The van der Waals surface area contributed by atoms with Crippen LogP contribution in [0.4, 0.5) is 0 Å². The predicted molar refractivity (Wildman–Crippen MR) is 62.3 cm³/mol. The van der Waals surface area contributed by atoms with Gasteiger partial charge in [0.05, 0.1) is 31.5 Å². The fraction of sp³-hybridized carbons (Fsp3) is 0.727. The third-order valence-corrected chi connectivity index (χ3v) is 3.59. The molecule has 96 valence electrons. The molecule has 0 amide bonds. The Kier molecular flexibility index (Phi) is 5.47. The first kappa shape index (κ1) is 14.0. The molecule has 0 N–H and O–H groups in total. The average molecular weight is 260 g/mol. The fourth-order valence-corrected chi connectivity index (χ4v) is 2.84. The van der Waals surface area contributed by atoms with Crippen LogP contribution in [0.25, 0.3) is 0 Å². The van der Waals surface area contributed by atoms with Crippen molar-refractivity contribution in [2.75, 3.05) is 19.0 Å². The van der Waals surface area contributed by atoms with Crippen LogP contribution in [0.1, 0.15) is 20.3 Å². The highest BCUT2D eigenvalue weighted by molar-refractivity contribution is 8.14. The van der Waals surface area contributed by atoms with Crippen molar-refractivity contribution in [3.05, 3.63) is 0 Å². The minimum Gasteiger partial charge on any atom is -0.466 e. The van der Waals surface area contributed by atoms with Crippen molar-refractivity contribution in [1.82, 2.24) is 0 Å². The molecule has 0 aromatic rings. The van der Waals surface area contributed by atoms with Crippen LogP contribution in [0, 0.1) is 11.8 Å².